The van der Waals surface area contributed by atoms with Gasteiger partial charge in [-0.15, -0.1) is 0 Å². The van der Waals surface area contributed by atoms with E-state index in [1.165, 1.54) is 0 Å². The predicted molar refractivity (Wildman–Crippen MR) is 80.0 cm³/mol. The monoisotopic (exact) mass is 272 g/mol. The molecule has 0 aromatic rings. The highest BCUT2D eigenvalue weighted by atomic mass is 16.3. The highest BCUT2D eigenvalue weighted by Gasteiger charge is 2.31. The fourth-order valence-electron chi connectivity index (χ4n) is 2.34. The lowest BCUT2D eigenvalue weighted by molar-refractivity contribution is -0.126. The first kappa shape index (κ1) is 18.4. The number of hydrogen-bond acceptors (Lipinski definition) is 3. The van der Waals surface area contributed by atoms with E-state index in [-0.39, 0.29) is 23.3 Å². The molecule has 0 radical (unpaired) electrons. The van der Waals surface area contributed by atoms with E-state index < -0.39 is 6.10 Å². The van der Waals surface area contributed by atoms with E-state index in [2.05, 4.69) is 12.2 Å². The summed E-state index contributed by atoms with van der Waals surface area (Å²) >= 11 is 0. The van der Waals surface area contributed by atoms with E-state index in [1.807, 2.05) is 46.7 Å². The zero-order chi connectivity index (χ0) is 15.2. The first-order valence-corrected chi connectivity index (χ1v) is 7.25. The molecule has 0 aliphatic heterocycles. The Morgan fingerprint density at radius 2 is 1.84 bits per heavy atom. The molecule has 0 aliphatic rings. The van der Waals surface area contributed by atoms with Gasteiger partial charge in [0.15, 0.2) is 0 Å². The van der Waals surface area contributed by atoms with Crippen LogP contribution >= 0.6 is 0 Å². The van der Waals surface area contributed by atoms with Gasteiger partial charge in [0.1, 0.15) is 0 Å². The van der Waals surface area contributed by atoms with E-state index in [9.17, 15) is 9.90 Å². The fourth-order valence-corrected chi connectivity index (χ4v) is 2.34. The van der Waals surface area contributed by atoms with E-state index >= 15 is 0 Å². The molecule has 2 atom stereocenters. The summed E-state index contributed by atoms with van der Waals surface area (Å²) in [7, 11) is 3.85. The summed E-state index contributed by atoms with van der Waals surface area (Å²) in [5, 5.41) is 13.1. The Morgan fingerprint density at radius 3 is 2.21 bits per heavy atom. The minimum Gasteiger partial charge on any atom is -0.392 e. The third-order valence-corrected chi connectivity index (χ3v) is 3.64. The van der Waals surface area contributed by atoms with Crippen LogP contribution in [0.25, 0.3) is 0 Å². The third kappa shape index (κ3) is 5.91. The summed E-state index contributed by atoms with van der Waals surface area (Å²) in [5.41, 5.74) is -0.313. The number of aliphatic hydroxyl groups is 1. The van der Waals surface area contributed by atoms with Crippen molar-refractivity contribution < 1.29 is 9.90 Å². The van der Waals surface area contributed by atoms with Crippen LogP contribution in [0.15, 0.2) is 0 Å². The number of hydrogen-bond donors (Lipinski definition) is 2. The second-order valence-electron chi connectivity index (χ2n) is 6.66. The molecule has 0 rings (SSSR count). The summed E-state index contributed by atoms with van der Waals surface area (Å²) in [6.07, 6.45) is 1.41. The van der Waals surface area contributed by atoms with Crippen molar-refractivity contribution in [1.29, 1.82) is 0 Å². The van der Waals surface area contributed by atoms with E-state index in [0.29, 0.717) is 6.54 Å². The Hall–Kier alpha value is -0.610. The van der Waals surface area contributed by atoms with Gasteiger partial charge >= 0.3 is 0 Å². The second-order valence-corrected chi connectivity index (χ2v) is 6.66. The Morgan fingerprint density at radius 1 is 1.32 bits per heavy atom. The largest absolute Gasteiger partial charge is 0.392 e. The van der Waals surface area contributed by atoms with Gasteiger partial charge in [-0.25, -0.2) is 0 Å². The van der Waals surface area contributed by atoms with Crippen molar-refractivity contribution >= 4 is 5.91 Å². The molecule has 0 fully saturated rings. The summed E-state index contributed by atoms with van der Waals surface area (Å²) in [4.78, 5) is 14.1. The van der Waals surface area contributed by atoms with Gasteiger partial charge in [-0.1, -0.05) is 41.0 Å². The maximum Gasteiger partial charge on any atom is 0.237 e. The lowest BCUT2D eigenvalue weighted by atomic mass is 9.80. The maximum atomic E-state index is 12.2. The quantitative estimate of drug-likeness (QED) is 0.709. The van der Waals surface area contributed by atoms with Crippen LogP contribution in [0, 0.1) is 11.3 Å². The highest BCUT2D eigenvalue weighted by molar-refractivity contribution is 5.81. The van der Waals surface area contributed by atoms with Gasteiger partial charge in [0, 0.05) is 12.0 Å². The molecule has 0 aliphatic carbocycles. The van der Waals surface area contributed by atoms with Crippen molar-refractivity contribution in [1.82, 2.24) is 10.2 Å². The van der Waals surface area contributed by atoms with Gasteiger partial charge in [-0.05, 0) is 26.4 Å². The summed E-state index contributed by atoms with van der Waals surface area (Å²) in [6, 6.07) is -0.0861. The zero-order valence-corrected chi connectivity index (χ0v) is 13.7. The number of carbonyl (C=O) groups is 1. The van der Waals surface area contributed by atoms with Gasteiger partial charge in [0.25, 0.3) is 0 Å². The molecule has 4 heteroatoms. The molecule has 114 valence electrons. The standard InChI is InChI=1S/C15H32N2O2/c1-8-9-12(17(6)7)14(19)16-10-15(4,5)13(18)11(2)3/h11-13,18H,8-10H2,1-7H3,(H,16,19). The second kappa shape index (κ2) is 7.85. The number of rotatable bonds is 8. The first-order chi connectivity index (χ1) is 8.63. The minimum atomic E-state index is -0.420. The average Bonchev–Trinajstić information content (AvgIpc) is 2.31. The Labute approximate surface area is 118 Å². The lowest BCUT2D eigenvalue weighted by Crippen LogP contribution is -2.49. The predicted octanol–water partition coefficient (Wildman–Crippen LogP) is 1.88. The van der Waals surface area contributed by atoms with Crippen LogP contribution in [0.3, 0.4) is 0 Å². The molecular formula is C15H32N2O2. The molecule has 0 aromatic heterocycles. The molecule has 0 saturated heterocycles. The SMILES string of the molecule is CCCC(C(=O)NCC(C)(C)C(O)C(C)C)N(C)C. The maximum absolute atomic E-state index is 12.2. The number of nitrogens with zero attached hydrogens (tertiary/aromatic N) is 1. The number of aliphatic hydroxyl groups excluding tert-OH is 1. The molecule has 0 heterocycles. The van der Waals surface area contributed by atoms with Crippen molar-refractivity contribution in [3.05, 3.63) is 0 Å². The van der Waals surface area contributed by atoms with Gasteiger partial charge in [-0.3, -0.25) is 9.69 Å². The van der Waals surface area contributed by atoms with Gasteiger partial charge in [-0.2, -0.15) is 0 Å². The minimum absolute atomic E-state index is 0.0517. The van der Waals surface area contributed by atoms with Crippen molar-refractivity contribution in [3.63, 3.8) is 0 Å². The fraction of sp³-hybridized carbons (Fsp3) is 0.933. The Kier molecular flexibility index (Phi) is 7.60. The highest BCUT2D eigenvalue weighted by Crippen LogP contribution is 2.25. The molecule has 4 nitrogen and oxygen atoms in total. The Bertz CT molecular complexity index is 275. The number of amides is 1. The van der Waals surface area contributed by atoms with Crippen molar-refractivity contribution in [2.75, 3.05) is 20.6 Å². The smallest absolute Gasteiger partial charge is 0.237 e. The van der Waals surface area contributed by atoms with Crippen LogP contribution in [0.2, 0.25) is 0 Å². The summed E-state index contributed by atoms with van der Waals surface area (Å²) < 4.78 is 0. The van der Waals surface area contributed by atoms with Gasteiger partial charge < -0.3 is 10.4 Å². The molecule has 0 bridgehead atoms. The number of nitrogens with one attached hydrogen (secondary N) is 1. The van der Waals surface area contributed by atoms with Crippen LogP contribution in [0.4, 0.5) is 0 Å². The molecule has 0 spiro atoms. The Balaban J connectivity index is 4.49. The molecule has 19 heavy (non-hydrogen) atoms. The van der Waals surface area contributed by atoms with Gasteiger partial charge in [0.2, 0.25) is 5.91 Å². The van der Waals surface area contributed by atoms with Gasteiger partial charge in [0.05, 0.1) is 12.1 Å². The van der Waals surface area contributed by atoms with Crippen molar-refractivity contribution in [2.45, 2.75) is 59.6 Å². The lowest BCUT2D eigenvalue weighted by Gasteiger charge is -2.34. The van der Waals surface area contributed by atoms with Crippen LogP contribution in [0.1, 0.15) is 47.5 Å². The molecule has 2 N–H and O–H groups in total. The molecular weight excluding hydrogens is 240 g/mol. The van der Waals surface area contributed by atoms with E-state index in [1.54, 1.807) is 0 Å². The number of likely N-dealkylation sites (N-methyl/N-ethyl adjacent to an activating group) is 1. The molecule has 1 amide bonds. The zero-order valence-electron chi connectivity index (χ0n) is 13.7. The van der Waals surface area contributed by atoms with Crippen LogP contribution in [-0.2, 0) is 4.79 Å². The topological polar surface area (TPSA) is 52.6 Å². The van der Waals surface area contributed by atoms with E-state index in [0.717, 1.165) is 12.8 Å². The number of carbonyl (C=O) groups excluding carboxylic acids is 1. The van der Waals surface area contributed by atoms with Crippen molar-refractivity contribution in [3.8, 4) is 0 Å². The summed E-state index contributed by atoms with van der Waals surface area (Å²) in [5.74, 6) is 0.239. The average molecular weight is 272 g/mol. The van der Waals surface area contributed by atoms with Crippen LogP contribution in [0.5, 0.6) is 0 Å². The van der Waals surface area contributed by atoms with Crippen LogP contribution < -0.4 is 5.32 Å². The normalized spacial score (nSPS) is 15.7. The molecule has 2 unspecified atom stereocenters. The van der Waals surface area contributed by atoms with E-state index in [4.69, 9.17) is 0 Å². The first-order valence-electron chi connectivity index (χ1n) is 7.25. The summed E-state index contributed by atoms with van der Waals surface area (Å²) in [6.45, 7) is 10.5. The van der Waals surface area contributed by atoms with Crippen LogP contribution in [-0.4, -0.2) is 48.7 Å². The molecule has 0 aromatic carbocycles. The van der Waals surface area contributed by atoms with Crippen molar-refractivity contribution in [2.24, 2.45) is 11.3 Å². The molecule has 0 saturated carbocycles. The third-order valence-electron chi connectivity index (χ3n) is 3.64.